The number of aromatic nitrogens is 3. The molecule has 0 saturated carbocycles. The number of rotatable bonds is 3. The molecule has 2 aliphatic heterocycles. The highest BCUT2D eigenvalue weighted by Crippen LogP contribution is 2.41. The summed E-state index contributed by atoms with van der Waals surface area (Å²) in [5.74, 6) is 0.435. The predicted octanol–water partition coefficient (Wildman–Crippen LogP) is 0.830. The number of hydrogen-bond donors (Lipinski definition) is 0. The maximum Gasteiger partial charge on any atom is 0.251 e. The normalized spacial score (nSPS) is 25.0. The lowest BCUT2D eigenvalue weighted by molar-refractivity contribution is -0.135. The van der Waals surface area contributed by atoms with Crippen LogP contribution in [-0.2, 0) is 18.4 Å². The van der Waals surface area contributed by atoms with Gasteiger partial charge in [-0.3, -0.25) is 23.7 Å². The molecule has 0 spiro atoms. The van der Waals surface area contributed by atoms with Crippen molar-refractivity contribution in [2.75, 3.05) is 27.2 Å². The van der Waals surface area contributed by atoms with Gasteiger partial charge in [0.05, 0.1) is 6.20 Å². The first kappa shape index (κ1) is 17.0. The van der Waals surface area contributed by atoms with Crippen molar-refractivity contribution in [3.63, 3.8) is 0 Å². The van der Waals surface area contributed by atoms with E-state index in [-0.39, 0.29) is 23.3 Å². The van der Waals surface area contributed by atoms with Gasteiger partial charge in [-0.1, -0.05) is 6.07 Å². The van der Waals surface area contributed by atoms with E-state index in [0.29, 0.717) is 0 Å². The first-order chi connectivity index (χ1) is 12.4. The Hall–Kier alpha value is -2.41. The summed E-state index contributed by atoms with van der Waals surface area (Å²) in [4.78, 5) is 29.5. The van der Waals surface area contributed by atoms with Gasteiger partial charge in [-0.25, -0.2) is 0 Å². The fourth-order valence-electron chi connectivity index (χ4n) is 4.55. The van der Waals surface area contributed by atoms with E-state index < -0.39 is 6.04 Å². The first-order valence-electron chi connectivity index (χ1n) is 9.06. The number of carbonyl (C=O) groups is 1. The molecule has 0 radical (unpaired) electrons. The molecule has 1 fully saturated rings. The van der Waals surface area contributed by atoms with E-state index in [9.17, 15) is 9.59 Å². The second-order valence-corrected chi connectivity index (χ2v) is 7.75. The Labute approximate surface area is 152 Å². The Balaban J connectivity index is 1.70. The van der Waals surface area contributed by atoms with Crippen LogP contribution in [0.5, 0.6) is 0 Å². The van der Waals surface area contributed by atoms with Crippen molar-refractivity contribution in [1.82, 2.24) is 24.1 Å². The number of pyridine rings is 1. The quantitative estimate of drug-likeness (QED) is 0.818. The summed E-state index contributed by atoms with van der Waals surface area (Å²) < 4.78 is 3.57. The van der Waals surface area contributed by atoms with Crippen LogP contribution in [0, 0.1) is 5.92 Å². The van der Waals surface area contributed by atoms with E-state index in [1.165, 1.54) is 5.56 Å². The Kier molecular flexibility index (Phi) is 4.19. The van der Waals surface area contributed by atoms with Crippen LogP contribution in [0.4, 0.5) is 0 Å². The molecule has 2 aliphatic rings. The number of hydrogen-bond acceptors (Lipinski definition) is 4. The van der Waals surface area contributed by atoms with Crippen molar-refractivity contribution in [2.24, 2.45) is 13.0 Å². The predicted molar refractivity (Wildman–Crippen MR) is 97.8 cm³/mol. The molecule has 7 heteroatoms. The Morgan fingerprint density at radius 1 is 1.31 bits per heavy atom. The van der Waals surface area contributed by atoms with E-state index >= 15 is 0 Å². The van der Waals surface area contributed by atoms with Crippen LogP contribution >= 0.6 is 0 Å². The van der Waals surface area contributed by atoms with Gasteiger partial charge >= 0.3 is 0 Å². The number of piperidine rings is 1. The topological polar surface area (TPSA) is 63.4 Å². The molecule has 2 aromatic rings. The minimum atomic E-state index is -0.415. The van der Waals surface area contributed by atoms with Gasteiger partial charge in [-0.2, -0.15) is 5.10 Å². The molecule has 0 aromatic carbocycles. The number of fused-ring (bicyclic) bond motifs is 4. The molecule has 0 unspecified atom stereocenters. The zero-order valence-electron chi connectivity index (χ0n) is 15.5. The van der Waals surface area contributed by atoms with Gasteiger partial charge in [-0.15, -0.1) is 0 Å². The number of aryl methyl sites for hydroxylation is 1. The molecule has 1 amide bonds. The minimum Gasteiger partial charge on any atom is -0.347 e. The molecular formula is C19H25N5O2. The molecule has 2 bridgehead atoms. The highest BCUT2D eigenvalue weighted by Gasteiger charge is 2.44. The molecule has 3 atom stereocenters. The van der Waals surface area contributed by atoms with Crippen LogP contribution in [0.1, 0.15) is 29.6 Å². The van der Waals surface area contributed by atoms with Crippen molar-refractivity contribution in [3.05, 3.63) is 52.2 Å². The van der Waals surface area contributed by atoms with Gasteiger partial charge in [0.1, 0.15) is 6.04 Å². The summed E-state index contributed by atoms with van der Waals surface area (Å²) in [6.45, 7) is 2.54. The van der Waals surface area contributed by atoms with Gasteiger partial charge in [-0.05, 0) is 12.5 Å². The van der Waals surface area contributed by atoms with E-state index in [4.69, 9.17) is 0 Å². The van der Waals surface area contributed by atoms with Crippen LogP contribution in [-0.4, -0.2) is 57.2 Å². The van der Waals surface area contributed by atoms with Gasteiger partial charge in [0, 0.05) is 76.1 Å². The van der Waals surface area contributed by atoms with Crippen molar-refractivity contribution in [2.45, 2.75) is 24.9 Å². The van der Waals surface area contributed by atoms with Crippen LogP contribution in [0.2, 0.25) is 0 Å². The zero-order chi connectivity index (χ0) is 18.4. The first-order valence-corrected chi connectivity index (χ1v) is 9.06. The van der Waals surface area contributed by atoms with E-state index in [1.54, 1.807) is 29.6 Å². The summed E-state index contributed by atoms with van der Waals surface area (Å²) in [5, 5.41) is 4.25. The van der Waals surface area contributed by atoms with Crippen molar-refractivity contribution >= 4 is 5.91 Å². The third kappa shape index (κ3) is 2.86. The molecule has 0 aliphatic carbocycles. The van der Waals surface area contributed by atoms with Crippen LogP contribution in [0.15, 0.2) is 35.4 Å². The van der Waals surface area contributed by atoms with Crippen LogP contribution < -0.4 is 5.56 Å². The van der Waals surface area contributed by atoms with E-state index in [1.807, 2.05) is 36.3 Å². The second kappa shape index (κ2) is 6.39. The van der Waals surface area contributed by atoms with Gasteiger partial charge in [0.25, 0.3) is 5.56 Å². The third-order valence-corrected chi connectivity index (χ3v) is 5.58. The molecule has 0 N–H and O–H groups in total. The monoisotopic (exact) mass is 355 g/mol. The molecule has 7 nitrogen and oxygen atoms in total. The van der Waals surface area contributed by atoms with Gasteiger partial charge < -0.3 is 4.90 Å². The lowest BCUT2D eigenvalue weighted by Crippen LogP contribution is -2.52. The molecular weight excluding hydrogens is 330 g/mol. The average Bonchev–Trinajstić information content (AvgIpc) is 3.00. The number of nitrogens with zero attached hydrogens (tertiary/aromatic N) is 5. The van der Waals surface area contributed by atoms with E-state index in [0.717, 1.165) is 31.7 Å². The van der Waals surface area contributed by atoms with Gasteiger partial charge in [0.2, 0.25) is 5.91 Å². The lowest BCUT2D eigenvalue weighted by atomic mass is 9.78. The van der Waals surface area contributed by atoms with Crippen molar-refractivity contribution < 1.29 is 4.79 Å². The maximum atomic E-state index is 12.9. The number of amides is 1. The zero-order valence-corrected chi connectivity index (χ0v) is 15.5. The SMILES string of the molecule is CN(C)C(=O)[C@H]1[C@H]2C[C@H](CN(Cc3cnn(C)c3)C2)c2cccc(=O)n21. The fraction of sp³-hybridized carbons (Fsp3) is 0.526. The minimum absolute atomic E-state index is 0.00577. The number of likely N-dealkylation sites (tertiary alicyclic amines) is 1. The highest BCUT2D eigenvalue weighted by atomic mass is 16.2. The lowest BCUT2D eigenvalue weighted by Gasteiger charge is -2.46. The van der Waals surface area contributed by atoms with Crippen molar-refractivity contribution in [1.29, 1.82) is 0 Å². The molecule has 4 rings (SSSR count). The standard InChI is InChI=1S/C19H25N5O2/c1-21(2)19(26)18-15-7-14(16-5-4-6-17(25)24(16)18)11-23(12-15)10-13-8-20-22(3)9-13/h4-6,8-9,14-15,18H,7,10-12H2,1-3H3/t14-,15+,18-/m1/s1. The summed E-state index contributed by atoms with van der Waals surface area (Å²) in [6, 6.07) is 4.97. The Morgan fingerprint density at radius 2 is 2.12 bits per heavy atom. The molecule has 4 heterocycles. The smallest absolute Gasteiger partial charge is 0.251 e. The summed E-state index contributed by atoms with van der Waals surface area (Å²) >= 11 is 0. The maximum absolute atomic E-state index is 12.9. The largest absolute Gasteiger partial charge is 0.347 e. The Morgan fingerprint density at radius 3 is 2.81 bits per heavy atom. The molecule has 138 valence electrons. The summed E-state index contributed by atoms with van der Waals surface area (Å²) in [5.41, 5.74) is 2.09. The number of likely N-dealkylation sites (N-methyl/N-ethyl adjacent to an activating group) is 1. The molecule has 1 saturated heterocycles. The van der Waals surface area contributed by atoms with E-state index in [2.05, 4.69) is 10.00 Å². The van der Waals surface area contributed by atoms with Gasteiger partial charge in [0.15, 0.2) is 0 Å². The molecule has 2 aromatic heterocycles. The highest BCUT2D eigenvalue weighted by molar-refractivity contribution is 5.80. The fourth-order valence-corrected chi connectivity index (χ4v) is 4.55. The third-order valence-electron chi connectivity index (χ3n) is 5.58. The van der Waals surface area contributed by atoms with Crippen molar-refractivity contribution in [3.8, 4) is 0 Å². The number of carbonyl (C=O) groups excluding carboxylic acids is 1. The van der Waals surface area contributed by atoms with Crippen LogP contribution in [0.3, 0.4) is 0 Å². The van der Waals surface area contributed by atoms with Crippen LogP contribution in [0.25, 0.3) is 0 Å². The summed E-state index contributed by atoms with van der Waals surface area (Å²) in [6.07, 6.45) is 4.88. The summed E-state index contributed by atoms with van der Waals surface area (Å²) in [7, 11) is 5.44. The second-order valence-electron chi connectivity index (χ2n) is 7.75. The Bertz CT molecular complexity index is 884. The average molecular weight is 355 g/mol. The molecule has 26 heavy (non-hydrogen) atoms.